The van der Waals surface area contributed by atoms with Gasteiger partial charge in [-0.05, 0) is 61.6 Å². The fourth-order valence-electron chi connectivity index (χ4n) is 4.70. The number of hydrogen-bond acceptors (Lipinski definition) is 3. The molecular formula is C24H27FN2O3. The van der Waals surface area contributed by atoms with Gasteiger partial charge in [-0.3, -0.25) is 9.59 Å². The number of carbonyl (C=O) groups excluding carboxylic acids is 2. The fraction of sp³-hybridized carbons (Fsp3) is 0.417. The summed E-state index contributed by atoms with van der Waals surface area (Å²) in [6, 6.07) is 11.7. The predicted molar refractivity (Wildman–Crippen MR) is 114 cm³/mol. The Hall–Kier alpha value is -2.89. The summed E-state index contributed by atoms with van der Waals surface area (Å²) >= 11 is 0. The SMILES string of the molecule is COc1ccc(NC(=O)C2(c3cccc(F)c3)CCCC2)cc1N1CCCCC1=O. The summed E-state index contributed by atoms with van der Waals surface area (Å²) in [6.45, 7) is 0.639. The summed E-state index contributed by atoms with van der Waals surface area (Å²) in [6.07, 6.45) is 5.59. The molecular weight excluding hydrogens is 383 g/mol. The number of ether oxygens (including phenoxy) is 1. The second-order valence-corrected chi connectivity index (χ2v) is 8.14. The van der Waals surface area contributed by atoms with E-state index in [4.69, 9.17) is 4.74 Å². The van der Waals surface area contributed by atoms with Crippen molar-refractivity contribution in [2.45, 2.75) is 50.4 Å². The van der Waals surface area contributed by atoms with Crippen LogP contribution < -0.4 is 15.0 Å². The minimum absolute atomic E-state index is 0.0649. The Balaban J connectivity index is 1.64. The van der Waals surface area contributed by atoms with Crippen LogP contribution in [-0.2, 0) is 15.0 Å². The Morgan fingerprint density at radius 1 is 1.10 bits per heavy atom. The third-order valence-electron chi connectivity index (χ3n) is 6.32. The average molecular weight is 410 g/mol. The number of rotatable bonds is 5. The van der Waals surface area contributed by atoms with Crippen LogP contribution in [0.2, 0.25) is 0 Å². The van der Waals surface area contributed by atoms with Crippen LogP contribution in [0.3, 0.4) is 0 Å². The molecule has 0 aromatic heterocycles. The Labute approximate surface area is 176 Å². The second kappa shape index (κ2) is 8.46. The quantitative estimate of drug-likeness (QED) is 0.770. The Bertz CT molecular complexity index is 953. The van der Waals surface area contributed by atoms with Crippen molar-refractivity contribution in [1.29, 1.82) is 0 Å². The highest BCUT2D eigenvalue weighted by atomic mass is 19.1. The minimum atomic E-state index is -0.733. The van der Waals surface area contributed by atoms with Crippen molar-refractivity contribution in [3.63, 3.8) is 0 Å². The van der Waals surface area contributed by atoms with Gasteiger partial charge in [-0.15, -0.1) is 0 Å². The number of carbonyl (C=O) groups is 2. The second-order valence-electron chi connectivity index (χ2n) is 8.14. The van der Waals surface area contributed by atoms with Crippen LogP contribution in [0, 0.1) is 5.82 Å². The van der Waals surface area contributed by atoms with Gasteiger partial charge in [0.05, 0.1) is 18.2 Å². The van der Waals surface area contributed by atoms with Crippen LogP contribution >= 0.6 is 0 Å². The molecule has 2 fully saturated rings. The first-order valence-electron chi connectivity index (χ1n) is 10.6. The molecule has 6 heteroatoms. The molecule has 1 aliphatic carbocycles. The minimum Gasteiger partial charge on any atom is -0.495 e. The first-order valence-corrected chi connectivity index (χ1v) is 10.6. The summed E-state index contributed by atoms with van der Waals surface area (Å²) in [5.41, 5.74) is 1.27. The largest absolute Gasteiger partial charge is 0.495 e. The van der Waals surface area contributed by atoms with Crippen molar-refractivity contribution < 1.29 is 18.7 Å². The topological polar surface area (TPSA) is 58.6 Å². The lowest BCUT2D eigenvalue weighted by molar-refractivity contribution is -0.121. The maximum absolute atomic E-state index is 13.9. The normalized spacial score (nSPS) is 18.3. The van der Waals surface area contributed by atoms with E-state index in [-0.39, 0.29) is 17.6 Å². The molecule has 1 aliphatic heterocycles. The van der Waals surface area contributed by atoms with E-state index in [0.29, 0.717) is 42.9 Å². The zero-order valence-electron chi connectivity index (χ0n) is 17.2. The summed E-state index contributed by atoms with van der Waals surface area (Å²) in [4.78, 5) is 27.6. The molecule has 0 atom stereocenters. The maximum Gasteiger partial charge on any atom is 0.235 e. The van der Waals surface area contributed by atoms with Crippen molar-refractivity contribution in [3.8, 4) is 5.75 Å². The van der Waals surface area contributed by atoms with Crippen LogP contribution in [-0.4, -0.2) is 25.5 Å². The third kappa shape index (κ3) is 3.78. The summed E-state index contributed by atoms with van der Waals surface area (Å²) < 4.78 is 19.3. The van der Waals surface area contributed by atoms with E-state index in [2.05, 4.69) is 5.32 Å². The van der Waals surface area contributed by atoms with Gasteiger partial charge in [0, 0.05) is 18.7 Å². The number of nitrogens with zero attached hydrogens (tertiary/aromatic N) is 1. The summed E-state index contributed by atoms with van der Waals surface area (Å²) in [5.74, 6) is 0.201. The van der Waals surface area contributed by atoms with Crippen LogP contribution in [0.15, 0.2) is 42.5 Å². The van der Waals surface area contributed by atoms with Gasteiger partial charge >= 0.3 is 0 Å². The van der Waals surface area contributed by atoms with Crippen LogP contribution in [0.4, 0.5) is 15.8 Å². The van der Waals surface area contributed by atoms with Crippen molar-refractivity contribution in [2.75, 3.05) is 23.9 Å². The predicted octanol–water partition coefficient (Wildman–Crippen LogP) is 4.80. The van der Waals surface area contributed by atoms with Crippen LogP contribution in [0.1, 0.15) is 50.5 Å². The molecule has 2 aromatic rings. The van der Waals surface area contributed by atoms with Gasteiger partial charge in [0.15, 0.2) is 0 Å². The van der Waals surface area contributed by atoms with Gasteiger partial charge in [-0.1, -0.05) is 25.0 Å². The maximum atomic E-state index is 13.9. The number of nitrogens with one attached hydrogen (secondary N) is 1. The molecule has 2 amide bonds. The number of anilines is 2. The molecule has 1 saturated heterocycles. The van der Waals surface area contributed by atoms with Gasteiger partial charge < -0.3 is 15.0 Å². The molecule has 0 unspecified atom stereocenters. The molecule has 0 spiro atoms. The van der Waals surface area contributed by atoms with Crippen molar-refractivity contribution in [2.24, 2.45) is 0 Å². The monoisotopic (exact) mass is 410 g/mol. The fourth-order valence-corrected chi connectivity index (χ4v) is 4.70. The van der Waals surface area contributed by atoms with Crippen LogP contribution in [0.5, 0.6) is 5.75 Å². The number of benzene rings is 2. The van der Waals surface area contributed by atoms with Gasteiger partial charge in [0.25, 0.3) is 0 Å². The lowest BCUT2D eigenvalue weighted by Crippen LogP contribution is -2.38. The van der Waals surface area contributed by atoms with Crippen molar-refractivity contribution in [1.82, 2.24) is 0 Å². The highest BCUT2D eigenvalue weighted by Gasteiger charge is 2.43. The third-order valence-corrected chi connectivity index (χ3v) is 6.32. The van der Waals surface area contributed by atoms with Crippen LogP contribution in [0.25, 0.3) is 0 Å². The standard InChI is InChI=1S/C24H27FN2O3/c1-30-21-11-10-19(16-20(21)27-14-5-2-9-22(27)28)26-23(29)24(12-3-4-13-24)17-7-6-8-18(25)15-17/h6-8,10-11,15-16H,2-5,9,12-14H2,1H3,(H,26,29). The molecule has 1 N–H and O–H groups in total. The van der Waals surface area contributed by atoms with Gasteiger partial charge in [0.1, 0.15) is 11.6 Å². The number of piperidine rings is 1. The molecule has 158 valence electrons. The zero-order chi connectivity index (χ0) is 21.1. The molecule has 2 aliphatic rings. The molecule has 1 saturated carbocycles. The molecule has 0 radical (unpaired) electrons. The first-order chi connectivity index (χ1) is 14.5. The van der Waals surface area contributed by atoms with Crippen molar-refractivity contribution >= 4 is 23.2 Å². The zero-order valence-corrected chi connectivity index (χ0v) is 17.2. The summed E-state index contributed by atoms with van der Waals surface area (Å²) in [7, 11) is 1.57. The smallest absolute Gasteiger partial charge is 0.235 e. The van der Waals surface area contributed by atoms with E-state index in [1.54, 1.807) is 36.3 Å². The number of halogens is 1. The molecule has 5 nitrogen and oxygen atoms in total. The van der Waals surface area contributed by atoms with Gasteiger partial charge in [-0.25, -0.2) is 4.39 Å². The van der Waals surface area contributed by atoms with E-state index in [9.17, 15) is 14.0 Å². The Kier molecular flexibility index (Phi) is 5.75. The lowest BCUT2D eigenvalue weighted by Gasteiger charge is -2.30. The highest BCUT2D eigenvalue weighted by Crippen LogP contribution is 2.43. The lowest BCUT2D eigenvalue weighted by atomic mass is 9.78. The van der Waals surface area contributed by atoms with E-state index in [0.717, 1.165) is 31.2 Å². The Morgan fingerprint density at radius 2 is 1.90 bits per heavy atom. The van der Waals surface area contributed by atoms with E-state index in [1.807, 2.05) is 6.07 Å². The molecule has 30 heavy (non-hydrogen) atoms. The van der Waals surface area contributed by atoms with E-state index < -0.39 is 5.41 Å². The Morgan fingerprint density at radius 3 is 2.60 bits per heavy atom. The van der Waals surface area contributed by atoms with E-state index >= 15 is 0 Å². The molecule has 2 aromatic carbocycles. The molecule has 4 rings (SSSR count). The number of methoxy groups -OCH3 is 1. The number of hydrogen-bond donors (Lipinski definition) is 1. The van der Waals surface area contributed by atoms with Gasteiger partial charge in [0.2, 0.25) is 11.8 Å². The number of amides is 2. The molecule has 0 bridgehead atoms. The van der Waals surface area contributed by atoms with Crippen molar-refractivity contribution in [3.05, 3.63) is 53.8 Å². The first kappa shape index (κ1) is 20.4. The highest BCUT2D eigenvalue weighted by molar-refractivity contribution is 6.01. The average Bonchev–Trinajstić information content (AvgIpc) is 3.25. The van der Waals surface area contributed by atoms with E-state index in [1.165, 1.54) is 12.1 Å². The molecule has 1 heterocycles. The van der Waals surface area contributed by atoms with Gasteiger partial charge in [-0.2, -0.15) is 0 Å². The summed E-state index contributed by atoms with van der Waals surface area (Å²) in [5, 5.41) is 3.03.